The van der Waals surface area contributed by atoms with Crippen LogP contribution in [0.3, 0.4) is 0 Å². The van der Waals surface area contributed by atoms with Crippen LogP contribution in [0.2, 0.25) is 0 Å². The number of hydrogen-bond acceptors (Lipinski definition) is 2. The average molecular weight is 427 g/mol. The molecule has 0 aliphatic carbocycles. The van der Waals surface area contributed by atoms with Crippen LogP contribution >= 0.6 is 0 Å². The molecule has 2 aromatic carbocycles. The molecule has 3 heterocycles. The minimum absolute atomic E-state index is 0.114. The maximum atomic E-state index is 5.33. The quantitative estimate of drug-likeness (QED) is 0.394. The van der Waals surface area contributed by atoms with Gasteiger partial charge in [0.15, 0.2) is 0 Å². The summed E-state index contributed by atoms with van der Waals surface area (Å²) in [5.74, 6) is 0. The first-order valence-corrected chi connectivity index (χ1v) is 11.6. The molecule has 0 atom stereocenters. The van der Waals surface area contributed by atoms with Crippen LogP contribution in [0, 0.1) is 19.3 Å². The number of aromatic amines is 1. The molecular weight excluding hydrogens is 392 g/mol. The Balaban J connectivity index is 1.76. The molecule has 1 N–H and O–H groups in total. The van der Waals surface area contributed by atoms with Gasteiger partial charge in [0.2, 0.25) is 0 Å². The van der Waals surface area contributed by atoms with Crippen molar-refractivity contribution < 1.29 is 0 Å². The van der Waals surface area contributed by atoms with Crippen molar-refractivity contribution in [2.75, 3.05) is 6.54 Å². The first kappa shape index (κ1) is 21.0. The predicted molar refractivity (Wildman–Crippen MR) is 133 cm³/mol. The maximum absolute atomic E-state index is 5.33. The highest BCUT2D eigenvalue weighted by Gasteiger charge is 2.44. The number of aryl methyl sites for hydroxylation is 2. The normalized spacial score (nSPS) is 16.1. The van der Waals surface area contributed by atoms with Crippen molar-refractivity contribution >= 4 is 10.9 Å². The molecule has 4 nitrogen and oxygen atoms in total. The fraction of sp³-hybridized carbons (Fsp3) is 0.393. The van der Waals surface area contributed by atoms with Crippen molar-refractivity contribution in [3.63, 3.8) is 0 Å². The van der Waals surface area contributed by atoms with E-state index in [1.807, 2.05) is 6.20 Å². The Bertz CT molecular complexity index is 1290. The van der Waals surface area contributed by atoms with Crippen LogP contribution in [0.5, 0.6) is 0 Å². The number of aromatic nitrogens is 3. The second-order valence-corrected chi connectivity index (χ2v) is 11.1. The molecule has 0 saturated carbocycles. The summed E-state index contributed by atoms with van der Waals surface area (Å²) in [4.78, 5) is 5.92. The molecule has 0 amide bonds. The van der Waals surface area contributed by atoms with Crippen molar-refractivity contribution in [1.82, 2.24) is 19.7 Å². The van der Waals surface area contributed by atoms with Crippen LogP contribution in [0.1, 0.15) is 57.0 Å². The van der Waals surface area contributed by atoms with Gasteiger partial charge in [0.25, 0.3) is 0 Å². The van der Waals surface area contributed by atoms with Crippen LogP contribution in [-0.2, 0) is 12.1 Å². The van der Waals surface area contributed by atoms with Crippen molar-refractivity contribution in [1.29, 1.82) is 0 Å². The van der Waals surface area contributed by atoms with Crippen LogP contribution in [-0.4, -0.2) is 26.2 Å². The third kappa shape index (κ3) is 3.29. The molecule has 1 aliphatic heterocycles. The zero-order chi connectivity index (χ0) is 22.8. The zero-order valence-electron chi connectivity index (χ0n) is 20.4. The lowest BCUT2D eigenvalue weighted by Crippen LogP contribution is -2.41. The summed E-state index contributed by atoms with van der Waals surface area (Å²) < 4.78 is 2.22. The van der Waals surface area contributed by atoms with E-state index >= 15 is 0 Å². The minimum Gasteiger partial charge on any atom is -0.361 e. The number of nitrogens with zero attached hydrogens (tertiary/aromatic N) is 3. The molecule has 4 aromatic rings. The first-order chi connectivity index (χ1) is 15.1. The number of fused-ring (bicyclic) bond motifs is 2. The summed E-state index contributed by atoms with van der Waals surface area (Å²) >= 11 is 0. The summed E-state index contributed by atoms with van der Waals surface area (Å²) in [6.07, 6.45) is 2.01. The fourth-order valence-corrected chi connectivity index (χ4v) is 5.25. The lowest BCUT2D eigenvalue weighted by molar-refractivity contribution is 0.0869. The lowest BCUT2D eigenvalue weighted by Gasteiger charge is -2.36. The van der Waals surface area contributed by atoms with E-state index in [4.69, 9.17) is 5.10 Å². The van der Waals surface area contributed by atoms with Gasteiger partial charge >= 0.3 is 0 Å². The largest absolute Gasteiger partial charge is 0.361 e. The van der Waals surface area contributed by atoms with Crippen molar-refractivity contribution in [3.05, 3.63) is 71.0 Å². The molecular formula is C28H34N4. The van der Waals surface area contributed by atoms with Gasteiger partial charge in [-0.2, -0.15) is 5.10 Å². The van der Waals surface area contributed by atoms with Crippen LogP contribution in [0.15, 0.2) is 48.7 Å². The van der Waals surface area contributed by atoms with E-state index in [0.29, 0.717) is 0 Å². The van der Waals surface area contributed by atoms with Gasteiger partial charge < -0.3 is 4.98 Å². The van der Waals surface area contributed by atoms with Gasteiger partial charge in [0.05, 0.1) is 22.6 Å². The second-order valence-electron chi connectivity index (χ2n) is 11.1. The zero-order valence-corrected chi connectivity index (χ0v) is 20.4. The van der Waals surface area contributed by atoms with Gasteiger partial charge in [0, 0.05) is 41.3 Å². The van der Waals surface area contributed by atoms with Gasteiger partial charge in [-0.3, -0.25) is 4.90 Å². The highest BCUT2D eigenvalue weighted by atomic mass is 15.3. The number of H-pyrrole nitrogens is 1. The standard InChI is InChI=1S/C28H34N4/c1-18-9-8-10-19(2)24(18)32-25(21-11-12-23-20(15-21)13-14-29-23)22-16-31(17-27(3,4)5)28(6,7)26(22)30-32/h8-15,29H,16-17H2,1-7H3. The van der Waals surface area contributed by atoms with Crippen LogP contribution < -0.4 is 0 Å². The number of para-hydroxylation sites is 1. The summed E-state index contributed by atoms with van der Waals surface area (Å²) in [5.41, 5.74) is 9.99. The van der Waals surface area contributed by atoms with E-state index in [0.717, 1.165) is 13.1 Å². The topological polar surface area (TPSA) is 36.9 Å². The van der Waals surface area contributed by atoms with Crippen molar-refractivity contribution in [3.8, 4) is 16.9 Å². The molecule has 2 aromatic heterocycles. The van der Waals surface area contributed by atoms with E-state index < -0.39 is 0 Å². The lowest BCUT2D eigenvalue weighted by atomic mass is 9.93. The highest BCUT2D eigenvalue weighted by Crippen LogP contribution is 2.45. The van der Waals surface area contributed by atoms with E-state index in [1.54, 1.807) is 0 Å². The Morgan fingerprint density at radius 3 is 2.44 bits per heavy atom. The Morgan fingerprint density at radius 2 is 1.75 bits per heavy atom. The highest BCUT2D eigenvalue weighted by molar-refractivity contribution is 5.85. The second kappa shape index (κ2) is 7.08. The molecule has 0 fully saturated rings. The number of nitrogens with one attached hydrogen (secondary N) is 1. The van der Waals surface area contributed by atoms with E-state index in [2.05, 4.69) is 105 Å². The Hall–Kier alpha value is -2.85. The van der Waals surface area contributed by atoms with E-state index in [-0.39, 0.29) is 11.0 Å². The monoisotopic (exact) mass is 426 g/mol. The third-order valence-corrected chi connectivity index (χ3v) is 6.85. The van der Waals surface area contributed by atoms with E-state index in [1.165, 1.54) is 50.2 Å². The van der Waals surface area contributed by atoms with Crippen molar-refractivity contribution in [2.45, 2.75) is 60.5 Å². The fourth-order valence-electron chi connectivity index (χ4n) is 5.25. The molecule has 4 heteroatoms. The average Bonchev–Trinajstić information content (AvgIpc) is 3.35. The minimum atomic E-state index is -0.114. The van der Waals surface area contributed by atoms with Gasteiger partial charge in [-0.25, -0.2) is 4.68 Å². The summed E-state index contributed by atoms with van der Waals surface area (Å²) in [6.45, 7) is 17.9. The van der Waals surface area contributed by atoms with E-state index in [9.17, 15) is 0 Å². The van der Waals surface area contributed by atoms with Gasteiger partial charge in [0.1, 0.15) is 0 Å². The molecule has 0 spiro atoms. The Labute approximate surface area is 191 Å². The SMILES string of the molecule is Cc1cccc(C)c1-n1nc2c(c1-c1ccc3[nH]ccc3c1)CN(CC(C)(C)C)C2(C)C. The first-order valence-electron chi connectivity index (χ1n) is 11.6. The van der Waals surface area contributed by atoms with Gasteiger partial charge in [-0.1, -0.05) is 45.0 Å². The molecule has 5 rings (SSSR count). The molecule has 1 aliphatic rings. The van der Waals surface area contributed by atoms with Crippen molar-refractivity contribution in [2.24, 2.45) is 5.41 Å². The van der Waals surface area contributed by atoms with Crippen LogP contribution in [0.25, 0.3) is 27.8 Å². The number of rotatable bonds is 3. The number of benzene rings is 2. The summed E-state index contributed by atoms with van der Waals surface area (Å²) in [7, 11) is 0. The molecule has 0 unspecified atom stereocenters. The summed E-state index contributed by atoms with van der Waals surface area (Å²) in [6, 6.07) is 15.4. The smallest absolute Gasteiger partial charge is 0.0878 e. The van der Waals surface area contributed by atoms with Gasteiger partial charge in [-0.05, 0) is 62.4 Å². The molecule has 0 radical (unpaired) electrons. The molecule has 0 saturated heterocycles. The van der Waals surface area contributed by atoms with Crippen LogP contribution in [0.4, 0.5) is 0 Å². The Morgan fingerprint density at radius 1 is 1.03 bits per heavy atom. The summed E-state index contributed by atoms with van der Waals surface area (Å²) in [5, 5.41) is 6.56. The number of hydrogen-bond donors (Lipinski definition) is 1. The third-order valence-electron chi connectivity index (χ3n) is 6.85. The molecule has 166 valence electrons. The predicted octanol–water partition coefficient (Wildman–Crippen LogP) is 6.73. The van der Waals surface area contributed by atoms with Gasteiger partial charge in [-0.15, -0.1) is 0 Å². The Kier molecular flexibility index (Phi) is 4.65. The molecule has 32 heavy (non-hydrogen) atoms. The maximum Gasteiger partial charge on any atom is 0.0878 e. The molecule has 0 bridgehead atoms.